The number of ether oxygens (including phenoxy) is 1. The molecule has 0 amide bonds. The van der Waals surface area contributed by atoms with Crippen LogP contribution in [-0.4, -0.2) is 29.3 Å². The van der Waals surface area contributed by atoms with Gasteiger partial charge < -0.3 is 14.3 Å². The molecule has 1 aromatic heterocycles. The van der Waals surface area contributed by atoms with E-state index in [-0.39, 0.29) is 12.4 Å². The highest BCUT2D eigenvalue weighted by Gasteiger charge is 2.16. The quantitative estimate of drug-likeness (QED) is 0.592. The first-order chi connectivity index (χ1) is 13.5. The average molecular weight is 383 g/mol. The normalized spacial score (nSPS) is 12.3. The third-order valence-corrected chi connectivity index (χ3v) is 4.49. The number of para-hydroxylation sites is 1. The van der Waals surface area contributed by atoms with Crippen molar-refractivity contribution in [2.45, 2.75) is 33.0 Å². The molecule has 2 aromatic carbocycles. The van der Waals surface area contributed by atoms with Crippen molar-refractivity contribution < 1.29 is 18.7 Å². The van der Waals surface area contributed by atoms with Gasteiger partial charge in [-0.25, -0.2) is 4.39 Å². The first-order valence-electron chi connectivity index (χ1n) is 9.38. The summed E-state index contributed by atoms with van der Waals surface area (Å²) in [7, 11) is 0. The zero-order valence-corrected chi connectivity index (χ0v) is 16.3. The summed E-state index contributed by atoms with van der Waals surface area (Å²) >= 11 is 0. The number of hydrogen-bond donors (Lipinski definition) is 1. The first-order valence-corrected chi connectivity index (χ1v) is 9.38. The van der Waals surface area contributed by atoms with E-state index in [1.54, 1.807) is 12.1 Å². The highest BCUT2D eigenvalue weighted by molar-refractivity contribution is 5.31. The van der Waals surface area contributed by atoms with Crippen molar-refractivity contribution in [3.63, 3.8) is 0 Å². The van der Waals surface area contributed by atoms with Gasteiger partial charge in [-0.3, -0.25) is 4.90 Å². The second kappa shape index (κ2) is 9.53. The number of benzene rings is 2. The van der Waals surface area contributed by atoms with Crippen LogP contribution in [0, 0.1) is 19.7 Å². The fourth-order valence-corrected chi connectivity index (χ4v) is 3.08. The van der Waals surface area contributed by atoms with Crippen molar-refractivity contribution in [1.29, 1.82) is 0 Å². The number of rotatable bonds is 9. The van der Waals surface area contributed by atoms with Gasteiger partial charge in [-0.15, -0.1) is 0 Å². The maximum atomic E-state index is 13.2. The number of aliphatic hydroxyl groups is 1. The number of nitrogens with zero attached hydrogens (tertiary/aromatic N) is 1. The van der Waals surface area contributed by atoms with Gasteiger partial charge in [0.15, 0.2) is 0 Å². The Hall–Kier alpha value is -2.63. The number of furan rings is 1. The standard InChI is InChI=1S/C23H26FNO3/c1-17-5-3-4-6-23(17)27-16-21(26)14-25(15-22-12-7-18(2)28-22)13-19-8-10-20(24)11-9-19/h3-12,21,26H,13-16H2,1-2H3. The molecular weight excluding hydrogens is 357 g/mol. The lowest BCUT2D eigenvalue weighted by Crippen LogP contribution is -2.35. The molecule has 0 radical (unpaired) electrons. The lowest BCUT2D eigenvalue weighted by molar-refractivity contribution is 0.0601. The van der Waals surface area contributed by atoms with E-state index < -0.39 is 6.10 Å². The number of halogens is 1. The highest BCUT2D eigenvalue weighted by Crippen LogP contribution is 2.17. The Morgan fingerprint density at radius 2 is 1.75 bits per heavy atom. The van der Waals surface area contributed by atoms with Crippen LogP contribution in [0.2, 0.25) is 0 Å². The van der Waals surface area contributed by atoms with Crippen molar-refractivity contribution >= 4 is 0 Å². The van der Waals surface area contributed by atoms with Gasteiger partial charge in [0.05, 0.1) is 6.54 Å². The number of aliphatic hydroxyl groups excluding tert-OH is 1. The first kappa shape index (κ1) is 20.1. The van der Waals surface area contributed by atoms with Crippen LogP contribution in [0.3, 0.4) is 0 Å². The maximum absolute atomic E-state index is 13.2. The Bertz CT molecular complexity index is 876. The number of hydrogen-bond acceptors (Lipinski definition) is 4. The monoisotopic (exact) mass is 383 g/mol. The third-order valence-electron chi connectivity index (χ3n) is 4.49. The minimum atomic E-state index is -0.670. The minimum Gasteiger partial charge on any atom is -0.491 e. The van der Waals surface area contributed by atoms with Crippen molar-refractivity contribution in [2.24, 2.45) is 0 Å². The molecule has 28 heavy (non-hydrogen) atoms. The topological polar surface area (TPSA) is 45.8 Å². The van der Waals surface area contributed by atoms with E-state index >= 15 is 0 Å². The van der Waals surface area contributed by atoms with E-state index in [2.05, 4.69) is 4.90 Å². The highest BCUT2D eigenvalue weighted by atomic mass is 19.1. The summed E-state index contributed by atoms with van der Waals surface area (Å²) < 4.78 is 24.6. The summed E-state index contributed by atoms with van der Waals surface area (Å²) in [5, 5.41) is 10.5. The lowest BCUT2D eigenvalue weighted by Gasteiger charge is -2.24. The molecular formula is C23H26FNO3. The Morgan fingerprint density at radius 3 is 2.43 bits per heavy atom. The summed E-state index contributed by atoms with van der Waals surface area (Å²) in [6, 6.07) is 18.0. The molecule has 1 heterocycles. The van der Waals surface area contributed by atoms with Gasteiger partial charge in [-0.2, -0.15) is 0 Å². The van der Waals surface area contributed by atoms with Crippen LogP contribution < -0.4 is 4.74 Å². The van der Waals surface area contributed by atoms with Crippen LogP contribution in [0.15, 0.2) is 65.1 Å². The molecule has 0 saturated carbocycles. The average Bonchev–Trinajstić information content (AvgIpc) is 3.07. The Morgan fingerprint density at radius 1 is 1.00 bits per heavy atom. The van der Waals surface area contributed by atoms with Gasteiger partial charge in [-0.05, 0) is 55.3 Å². The third kappa shape index (κ3) is 5.94. The molecule has 0 aliphatic heterocycles. The van der Waals surface area contributed by atoms with Gasteiger partial charge in [0.2, 0.25) is 0 Å². The van der Waals surface area contributed by atoms with Crippen LogP contribution in [0.25, 0.3) is 0 Å². The van der Waals surface area contributed by atoms with Crippen LogP contribution in [0.5, 0.6) is 5.75 Å². The van der Waals surface area contributed by atoms with E-state index in [1.807, 2.05) is 50.2 Å². The van der Waals surface area contributed by atoms with Crippen molar-refractivity contribution in [2.75, 3.05) is 13.2 Å². The van der Waals surface area contributed by atoms with Crippen molar-refractivity contribution in [3.8, 4) is 5.75 Å². The predicted octanol–water partition coefficient (Wildman–Crippen LogP) is 4.48. The minimum absolute atomic E-state index is 0.196. The molecule has 0 fully saturated rings. The molecule has 1 N–H and O–H groups in total. The fourth-order valence-electron chi connectivity index (χ4n) is 3.08. The van der Waals surface area contributed by atoms with Crippen molar-refractivity contribution in [1.82, 2.24) is 4.90 Å². The summed E-state index contributed by atoms with van der Waals surface area (Å²) in [4.78, 5) is 2.07. The molecule has 5 heteroatoms. The molecule has 0 saturated heterocycles. The molecule has 3 aromatic rings. The summed E-state index contributed by atoms with van der Waals surface area (Å²) in [5.74, 6) is 2.18. The Labute approximate surface area is 165 Å². The van der Waals surface area contributed by atoms with E-state index in [0.29, 0.717) is 19.6 Å². The molecule has 1 unspecified atom stereocenters. The molecule has 0 bridgehead atoms. The zero-order valence-electron chi connectivity index (χ0n) is 16.3. The van der Waals surface area contributed by atoms with Gasteiger partial charge in [0.25, 0.3) is 0 Å². The number of aryl methyl sites for hydroxylation is 2. The molecule has 4 nitrogen and oxygen atoms in total. The molecule has 148 valence electrons. The lowest BCUT2D eigenvalue weighted by atomic mass is 10.2. The smallest absolute Gasteiger partial charge is 0.123 e. The van der Waals surface area contributed by atoms with E-state index in [9.17, 15) is 9.50 Å². The second-order valence-corrected chi connectivity index (χ2v) is 7.04. The van der Waals surface area contributed by atoms with Crippen LogP contribution in [0.1, 0.15) is 22.6 Å². The summed E-state index contributed by atoms with van der Waals surface area (Å²) in [6.45, 7) is 5.60. The van der Waals surface area contributed by atoms with Crippen molar-refractivity contribution in [3.05, 3.63) is 89.1 Å². The summed E-state index contributed by atoms with van der Waals surface area (Å²) in [6.07, 6.45) is -0.670. The van der Waals surface area contributed by atoms with Gasteiger partial charge in [0.1, 0.15) is 35.8 Å². The summed E-state index contributed by atoms with van der Waals surface area (Å²) in [5.41, 5.74) is 2.00. The van der Waals surface area contributed by atoms with E-state index in [4.69, 9.17) is 9.15 Å². The Balaban J connectivity index is 1.63. The maximum Gasteiger partial charge on any atom is 0.123 e. The Kier molecular flexibility index (Phi) is 6.85. The SMILES string of the molecule is Cc1ccc(CN(Cc2ccc(F)cc2)CC(O)COc2ccccc2C)o1. The molecule has 0 aliphatic rings. The largest absolute Gasteiger partial charge is 0.491 e. The fraction of sp³-hybridized carbons (Fsp3) is 0.304. The van der Waals surface area contributed by atoms with E-state index in [1.165, 1.54) is 12.1 Å². The predicted molar refractivity (Wildman–Crippen MR) is 107 cm³/mol. The molecule has 1 atom stereocenters. The zero-order chi connectivity index (χ0) is 19.9. The van der Waals surface area contributed by atoms with Crippen LogP contribution in [0.4, 0.5) is 4.39 Å². The second-order valence-electron chi connectivity index (χ2n) is 7.04. The van der Waals surface area contributed by atoms with Gasteiger partial charge in [0, 0.05) is 13.1 Å². The van der Waals surface area contributed by atoms with Crippen LogP contribution in [-0.2, 0) is 13.1 Å². The molecule has 0 aliphatic carbocycles. The van der Waals surface area contributed by atoms with Crippen LogP contribution >= 0.6 is 0 Å². The molecule has 0 spiro atoms. The van der Waals surface area contributed by atoms with E-state index in [0.717, 1.165) is 28.4 Å². The van der Waals surface area contributed by atoms with Gasteiger partial charge >= 0.3 is 0 Å². The van der Waals surface area contributed by atoms with Gasteiger partial charge in [-0.1, -0.05) is 30.3 Å². The molecule has 3 rings (SSSR count).